The van der Waals surface area contributed by atoms with Gasteiger partial charge in [-0.1, -0.05) is 52.3 Å². The minimum Gasteiger partial charge on any atom is -0.459 e. The average Bonchev–Trinajstić information content (AvgIpc) is 1.34. The van der Waals surface area contributed by atoms with Gasteiger partial charge in [0.15, 0.2) is 29.6 Å². The van der Waals surface area contributed by atoms with Crippen LogP contribution < -0.4 is 10.6 Å². The van der Waals surface area contributed by atoms with Crippen molar-refractivity contribution in [1.29, 1.82) is 0 Å². The van der Waals surface area contributed by atoms with Crippen molar-refractivity contribution < 1.29 is 87.4 Å². The van der Waals surface area contributed by atoms with Gasteiger partial charge in [-0.15, -0.1) is 0 Å². The minimum absolute atomic E-state index is 0.0357. The van der Waals surface area contributed by atoms with Crippen LogP contribution in [0.2, 0.25) is 0 Å². The van der Waals surface area contributed by atoms with Crippen molar-refractivity contribution in [3.05, 3.63) is 23.8 Å². The molecule has 0 aromatic rings. The van der Waals surface area contributed by atoms with E-state index >= 15 is 4.39 Å². The number of cyclic esters (lactones) is 1. The van der Waals surface area contributed by atoms with Gasteiger partial charge in [-0.2, -0.15) is 0 Å². The van der Waals surface area contributed by atoms with E-state index < -0.39 is 160 Å². The van der Waals surface area contributed by atoms with Gasteiger partial charge < -0.3 is 84.2 Å². The molecule has 0 bridgehead atoms. The second-order valence-electron chi connectivity index (χ2n) is 28.5. The van der Waals surface area contributed by atoms with Crippen molar-refractivity contribution in [2.45, 2.75) is 255 Å². The van der Waals surface area contributed by atoms with Gasteiger partial charge in [-0.3, -0.25) is 19.2 Å². The van der Waals surface area contributed by atoms with Crippen LogP contribution in [-0.2, 0) is 52.3 Å². The van der Waals surface area contributed by atoms with Crippen LogP contribution in [0.15, 0.2) is 23.8 Å². The molecule has 86 heavy (non-hydrogen) atoms. The van der Waals surface area contributed by atoms with Gasteiger partial charge in [-0.05, 0) is 139 Å². The summed E-state index contributed by atoms with van der Waals surface area (Å²) in [6.45, 7) is 23.3. The van der Waals surface area contributed by atoms with Gasteiger partial charge in [-0.25, -0.2) is 4.39 Å². The highest BCUT2D eigenvalue weighted by molar-refractivity contribution is 5.93. The normalized spacial score (nSPS) is 48.0. The predicted octanol–water partition coefficient (Wildman–Crippen LogP) is 3.90. The van der Waals surface area contributed by atoms with Crippen molar-refractivity contribution in [3.63, 3.8) is 0 Å². The second-order valence-corrected chi connectivity index (χ2v) is 28.5. The number of nitrogens with one attached hydrogen (secondary N) is 2. The van der Waals surface area contributed by atoms with Gasteiger partial charge in [0.05, 0.1) is 42.4 Å². The number of hydrogen-bond donors (Lipinski definition) is 8. The van der Waals surface area contributed by atoms with Crippen LogP contribution in [0.4, 0.5) is 4.39 Å². The first-order chi connectivity index (χ1) is 39.9. The van der Waals surface area contributed by atoms with Gasteiger partial charge >= 0.3 is 11.9 Å². The zero-order valence-electron chi connectivity index (χ0n) is 54.3. The molecule has 0 spiro atoms. The molecule has 492 valence electrons. The first kappa shape index (κ1) is 70.4. The first-order valence-corrected chi connectivity index (χ1v) is 31.6. The predicted molar refractivity (Wildman–Crippen MR) is 316 cm³/mol. The number of methoxy groups -OCH3 is 1. The molecule has 3 heterocycles. The van der Waals surface area contributed by atoms with E-state index in [9.17, 15) is 49.8 Å². The topological polar surface area (TPSA) is 285 Å². The summed E-state index contributed by atoms with van der Waals surface area (Å²) in [5.74, 6) is -6.32. The molecule has 4 aliphatic carbocycles. The molecule has 7 rings (SSSR count). The summed E-state index contributed by atoms with van der Waals surface area (Å²) in [7, 11) is 6.99. The third-order valence-corrected chi connectivity index (χ3v) is 22.2. The molecule has 7 aliphatic rings. The lowest BCUT2D eigenvalue weighted by Crippen LogP contribution is -2.69. The van der Waals surface area contributed by atoms with Gasteiger partial charge in [0.2, 0.25) is 0 Å². The van der Waals surface area contributed by atoms with Crippen molar-refractivity contribution in [1.82, 2.24) is 20.4 Å². The summed E-state index contributed by atoms with van der Waals surface area (Å²) in [5, 5.41) is 77.8. The number of carbonyl (C=O) groups excluding carboxylic acids is 4. The molecule has 2 unspecified atom stereocenters. The Hall–Kier alpha value is -3.07. The Morgan fingerprint density at radius 1 is 0.872 bits per heavy atom. The van der Waals surface area contributed by atoms with Crippen LogP contribution in [-0.4, -0.2) is 226 Å². The maximum atomic E-state index is 17.8. The molecule has 3 saturated heterocycles. The van der Waals surface area contributed by atoms with Crippen molar-refractivity contribution in [3.8, 4) is 0 Å². The molecule has 1 amide bonds. The monoisotopic (exact) mass is 1220 g/mol. The van der Waals surface area contributed by atoms with E-state index in [-0.39, 0.29) is 82.4 Å². The number of nitrogens with zero attached hydrogens (tertiary/aromatic N) is 2. The lowest BCUT2D eigenvalue weighted by Gasteiger charge is -2.61. The smallest absolute Gasteiger partial charge is 0.311 e. The summed E-state index contributed by atoms with van der Waals surface area (Å²) in [5.41, 5.74) is -10.5. The number of alkyl halides is 1. The van der Waals surface area contributed by atoms with Crippen molar-refractivity contribution in [2.24, 2.45) is 46.3 Å². The fourth-order valence-electron chi connectivity index (χ4n) is 16.8. The number of halogens is 1. The van der Waals surface area contributed by atoms with Crippen molar-refractivity contribution in [2.75, 3.05) is 54.4 Å². The summed E-state index contributed by atoms with van der Waals surface area (Å²) < 4.78 is 63.4. The van der Waals surface area contributed by atoms with Gasteiger partial charge in [0.1, 0.15) is 41.7 Å². The maximum Gasteiger partial charge on any atom is 0.311 e. The third kappa shape index (κ3) is 12.9. The molecule has 0 aromatic heterocycles. The lowest BCUT2D eigenvalue weighted by atomic mass is 9.45. The van der Waals surface area contributed by atoms with Crippen LogP contribution in [0.1, 0.15) is 148 Å². The minimum atomic E-state index is -2.12. The molecule has 21 nitrogen and oxygen atoms in total. The molecule has 3 aliphatic heterocycles. The molecule has 2 saturated carbocycles. The fraction of sp³-hybridized carbons (Fsp3) is 0.875. The van der Waals surface area contributed by atoms with E-state index in [4.69, 9.17) is 33.2 Å². The molecule has 8 N–H and O–H groups in total. The highest BCUT2D eigenvalue weighted by Gasteiger charge is 2.75. The largest absolute Gasteiger partial charge is 0.459 e. The number of rotatable bonds is 15. The average molecular weight is 1220 g/mol. The summed E-state index contributed by atoms with van der Waals surface area (Å²) in [4.78, 5) is 60.0. The van der Waals surface area contributed by atoms with Crippen LogP contribution in [0.25, 0.3) is 0 Å². The maximum absolute atomic E-state index is 17.8. The molecule has 22 heteroatoms. The Labute approximate surface area is 509 Å². The number of fused-ring (bicyclic) bond motifs is 5. The molecule has 26 atom stereocenters. The first-order valence-electron chi connectivity index (χ1n) is 31.6. The SMILES string of the molecule is CC[C@H]1OC(=O)[C@H](C)[C@@H](O[C@H]2C[C@@](C)(OC)[C@@H](O)[C@H](C)O2)[C@H](C)[C@@H](O[C@@H]2O[C@H](C)C[C@H](N(C)C)[C@H]2O)[C@](C)(OC(=O)CCNCCNC(=O)[C@@]2(O)[C@H](C)CC3C4CC=C5CC(=O)C=C[C@]5(C)[C@@]4(F)[C@@H](O)C[C@@]32C)C[C@@H](C)CN(C)[C@H](C)[C@@H](O)[C@]1(C)O. The van der Waals surface area contributed by atoms with E-state index in [1.165, 1.54) is 20.1 Å². The van der Waals surface area contributed by atoms with E-state index in [0.717, 1.165) is 0 Å². The Morgan fingerprint density at radius 3 is 2.19 bits per heavy atom. The number of likely N-dealkylation sites (N-methyl/N-ethyl adjacent to an activating group) is 2. The number of carbonyl (C=O) groups is 4. The van der Waals surface area contributed by atoms with Gasteiger partial charge in [0, 0.05) is 80.9 Å². The quantitative estimate of drug-likeness (QED) is 0.0656. The highest BCUT2D eigenvalue weighted by Crippen LogP contribution is 2.70. The number of esters is 2. The lowest BCUT2D eigenvalue weighted by molar-refractivity contribution is -0.318. The zero-order valence-corrected chi connectivity index (χ0v) is 54.3. The summed E-state index contributed by atoms with van der Waals surface area (Å²) in [6.07, 6.45) is -6.17. The Morgan fingerprint density at radius 2 is 1.55 bits per heavy atom. The standard InChI is InChI=1S/C64H107FN4O17/c1-18-47-62(13,78)52(74)39(7)69(16)33-34(2)30-61(12,54(85-56-50(73)45(68(14)15)28-36(4)81-56)37(5)51(38(6)55(76)83-47)84-49-32-60(11,80-17)53(75)40(8)82-49)86-48(72)22-24-66-25-26-67-57(77)64(79)35(3)27-44-43-20-19-41-29-42(70)21-23-58(41,9)63(43,65)46(71)31-59(44,64)10/h19,21,23,34-40,43-47,49-54,56,66,71,73-75,78-79H,18,20,22,24-33H2,1-17H3,(H,67,77)/t34-,35-,36-,37+,38-,39-,40+,43?,44?,45+,46+,47-,49+,50-,51+,52-,53+,54-,56+,58+,59+,60-,61-,62-,63+,64+/m1/s1. The molecule has 5 fully saturated rings. The Bertz CT molecular complexity index is 2470. The molecule has 0 aromatic carbocycles. The fourth-order valence-corrected chi connectivity index (χ4v) is 16.8. The number of ketones is 1. The summed E-state index contributed by atoms with van der Waals surface area (Å²) >= 11 is 0. The Kier molecular flexibility index (Phi) is 21.8. The number of aliphatic hydroxyl groups is 6. The number of allylic oxidation sites excluding steroid dienone is 4. The van der Waals surface area contributed by atoms with Crippen LogP contribution in [0.5, 0.6) is 0 Å². The number of ether oxygens (including phenoxy) is 7. The van der Waals surface area contributed by atoms with Crippen LogP contribution in [0, 0.1) is 46.3 Å². The molecular weight excluding hydrogens is 1120 g/mol. The van der Waals surface area contributed by atoms with E-state index in [0.29, 0.717) is 25.0 Å². The summed E-state index contributed by atoms with van der Waals surface area (Å²) in [6, 6.07) is -1.07. The molecular formula is C64H107FN4O17. The highest BCUT2D eigenvalue weighted by atomic mass is 19.1. The molecule has 0 radical (unpaired) electrons. The number of amides is 1. The third-order valence-electron chi connectivity index (χ3n) is 22.2. The van der Waals surface area contributed by atoms with E-state index in [1.807, 2.05) is 43.8 Å². The Balaban J connectivity index is 1.14. The number of hydrogen-bond acceptors (Lipinski definition) is 20. The van der Waals surface area contributed by atoms with Crippen molar-refractivity contribution >= 4 is 23.6 Å². The second kappa shape index (κ2) is 26.6. The van der Waals surface area contributed by atoms with Crippen LogP contribution in [0.3, 0.4) is 0 Å². The van der Waals surface area contributed by atoms with E-state index in [1.54, 1.807) is 82.4 Å². The number of aliphatic hydroxyl groups excluding tert-OH is 4. The van der Waals surface area contributed by atoms with Crippen LogP contribution >= 0.6 is 0 Å². The zero-order chi connectivity index (χ0) is 64.2. The van der Waals surface area contributed by atoms with Gasteiger partial charge in [0.25, 0.3) is 5.91 Å². The van der Waals surface area contributed by atoms with E-state index in [2.05, 4.69) is 10.6 Å².